The Kier molecular flexibility index (Phi) is 1.75. The van der Waals surface area contributed by atoms with Gasteiger partial charge in [0.1, 0.15) is 5.52 Å². The number of hydrogen-bond acceptors (Lipinski definition) is 4. The Balaban J connectivity index is 2.47. The third-order valence-electron chi connectivity index (χ3n) is 1.59. The Morgan fingerprint density at radius 3 is 3.17 bits per heavy atom. The summed E-state index contributed by atoms with van der Waals surface area (Å²) in [4.78, 5) is 8.14. The van der Waals surface area contributed by atoms with Gasteiger partial charge in [0, 0.05) is 19.2 Å². The van der Waals surface area contributed by atoms with Crippen LogP contribution in [0.15, 0.2) is 22.9 Å². The van der Waals surface area contributed by atoms with E-state index in [2.05, 4.69) is 9.97 Å². The Morgan fingerprint density at radius 2 is 2.42 bits per heavy atom. The van der Waals surface area contributed by atoms with Crippen molar-refractivity contribution >= 4 is 11.1 Å². The number of rotatable bonds is 2. The highest BCUT2D eigenvalue weighted by molar-refractivity contribution is 5.70. The highest BCUT2D eigenvalue weighted by Gasteiger charge is 2.02. The first kappa shape index (κ1) is 7.24. The molecule has 0 aliphatic rings. The van der Waals surface area contributed by atoms with Gasteiger partial charge in [-0.1, -0.05) is 0 Å². The molecule has 4 heteroatoms. The van der Waals surface area contributed by atoms with Gasteiger partial charge in [-0.2, -0.15) is 0 Å². The van der Waals surface area contributed by atoms with Crippen molar-refractivity contribution in [3.05, 3.63) is 24.4 Å². The molecule has 0 unspecified atom stereocenters. The summed E-state index contributed by atoms with van der Waals surface area (Å²) in [6.07, 6.45) is 4.02. The van der Waals surface area contributed by atoms with Crippen LogP contribution in [0.2, 0.25) is 0 Å². The summed E-state index contributed by atoms with van der Waals surface area (Å²) < 4.78 is 5.35. The van der Waals surface area contributed by atoms with Crippen LogP contribution in [0.1, 0.15) is 5.89 Å². The van der Waals surface area contributed by atoms with Crippen molar-refractivity contribution in [3.8, 4) is 0 Å². The molecule has 2 N–H and O–H groups in total. The number of oxazole rings is 1. The average Bonchev–Trinajstić information content (AvgIpc) is 2.47. The number of fused-ring (bicyclic) bond motifs is 1. The minimum absolute atomic E-state index is 0.556. The first-order valence-corrected chi connectivity index (χ1v) is 3.79. The lowest BCUT2D eigenvalue weighted by atomic mass is 10.4. The molecular formula is C8H9N3O. The molecule has 0 amide bonds. The summed E-state index contributed by atoms with van der Waals surface area (Å²) in [6, 6.07) is 1.82. The van der Waals surface area contributed by atoms with Crippen molar-refractivity contribution in [3.63, 3.8) is 0 Å². The van der Waals surface area contributed by atoms with Crippen molar-refractivity contribution in [1.82, 2.24) is 9.97 Å². The lowest BCUT2D eigenvalue weighted by Gasteiger charge is -1.85. The minimum atomic E-state index is 0.556. The summed E-state index contributed by atoms with van der Waals surface area (Å²) in [6.45, 7) is 0.556. The second-order valence-electron chi connectivity index (χ2n) is 2.49. The predicted octanol–water partition coefficient (Wildman–Crippen LogP) is 0.724. The minimum Gasteiger partial charge on any atom is -0.439 e. The molecule has 0 aliphatic carbocycles. The first-order valence-electron chi connectivity index (χ1n) is 3.79. The molecule has 2 heterocycles. The number of nitrogens with two attached hydrogens (primary N) is 1. The molecular weight excluding hydrogens is 154 g/mol. The monoisotopic (exact) mass is 163 g/mol. The van der Waals surface area contributed by atoms with Crippen LogP contribution in [-0.4, -0.2) is 16.5 Å². The molecule has 0 saturated heterocycles. The van der Waals surface area contributed by atoms with Gasteiger partial charge in [0.15, 0.2) is 11.5 Å². The average molecular weight is 163 g/mol. The second kappa shape index (κ2) is 2.91. The highest BCUT2D eigenvalue weighted by Crippen LogP contribution is 2.12. The van der Waals surface area contributed by atoms with Crippen LogP contribution >= 0.6 is 0 Å². The van der Waals surface area contributed by atoms with E-state index in [1.54, 1.807) is 12.4 Å². The van der Waals surface area contributed by atoms with Crippen molar-refractivity contribution < 1.29 is 4.42 Å². The SMILES string of the molecule is NCCc1nc2ccncc2o1. The van der Waals surface area contributed by atoms with Gasteiger partial charge in [-0.15, -0.1) is 0 Å². The molecule has 0 atom stereocenters. The maximum absolute atomic E-state index is 5.37. The fraction of sp³-hybridized carbons (Fsp3) is 0.250. The van der Waals surface area contributed by atoms with Crippen LogP contribution in [0, 0.1) is 0 Å². The van der Waals surface area contributed by atoms with Crippen LogP contribution in [0.4, 0.5) is 0 Å². The molecule has 0 aromatic carbocycles. The van der Waals surface area contributed by atoms with Crippen molar-refractivity contribution in [2.45, 2.75) is 6.42 Å². The fourth-order valence-electron chi connectivity index (χ4n) is 1.06. The zero-order valence-electron chi connectivity index (χ0n) is 6.53. The number of aromatic nitrogens is 2. The van der Waals surface area contributed by atoms with E-state index in [0.29, 0.717) is 18.9 Å². The molecule has 0 spiro atoms. The van der Waals surface area contributed by atoms with Crippen molar-refractivity contribution in [2.24, 2.45) is 5.73 Å². The number of pyridine rings is 1. The lowest BCUT2D eigenvalue weighted by Crippen LogP contribution is -2.02. The molecule has 2 rings (SSSR count). The summed E-state index contributed by atoms with van der Waals surface area (Å²) in [5.41, 5.74) is 6.93. The number of nitrogens with zero attached hydrogens (tertiary/aromatic N) is 2. The molecule has 2 aromatic heterocycles. The summed E-state index contributed by atoms with van der Waals surface area (Å²) in [5, 5.41) is 0. The Bertz CT molecular complexity index is 349. The quantitative estimate of drug-likeness (QED) is 0.708. The van der Waals surface area contributed by atoms with E-state index in [4.69, 9.17) is 10.2 Å². The maximum atomic E-state index is 5.37. The summed E-state index contributed by atoms with van der Waals surface area (Å²) >= 11 is 0. The standard InChI is InChI=1S/C8H9N3O/c9-3-1-8-11-6-2-4-10-5-7(6)12-8/h2,4-5H,1,3,9H2. The predicted molar refractivity (Wildman–Crippen MR) is 44.6 cm³/mol. The van der Waals surface area contributed by atoms with Gasteiger partial charge in [0.25, 0.3) is 0 Å². The molecule has 0 fully saturated rings. The molecule has 0 aliphatic heterocycles. The second-order valence-corrected chi connectivity index (χ2v) is 2.49. The summed E-state index contributed by atoms with van der Waals surface area (Å²) in [5.74, 6) is 0.681. The van der Waals surface area contributed by atoms with Crippen LogP contribution in [0.25, 0.3) is 11.1 Å². The zero-order chi connectivity index (χ0) is 8.39. The van der Waals surface area contributed by atoms with Crippen LogP contribution in [0.3, 0.4) is 0 Å². The topological polar surface area (TPSA) is 64.9 Å². The summed E-state index contributed by atoms with van der Waals surface area (Å²) in [7, 11) is 0. The van der Waals surface area contributed by atoms with E-state index in [0.717, 1.165) is 11.1 Å². The van der Waals surface area contributed by atoms with Crippen LogP contribution in [-0.2, 0) is 6.42 Å². The largest absolute Gasteiger partial charge is 0.439 e. The van der Waals surface area contributed by atoms with Gasteiger partial charge in [0.2, 0.25) is 0 Å². The Labute approximate surface area is 69.4 Å². The van der Waals surface area contributed by atoms with E-state index < -0.39 is 0 Å². The van der Waals surface area contributed by atoms with Crippen LogP contribution < -0.4 is 5.73 Å². The molecule has 62 valence electrons. The molecule has 12 heavy (non-hydrogen) atoms. The fourth-order valence-corrected chi connectivity index (χ4v) is 1.06. The lowest BCUT2D eigenvalue weighted by molar-refractivity contribution is 0.530. The van der Waals surface area contributed by atoms with E-state index in [1.807, 2.05) is 6.07 Å². The van der Waals surface area contributed by atoms with Gasteiger partial charge in [-0.25, -0.2) is 4.98 Å². The van der Waals surface area contributed by atoms with Gasteiger partial charge in [-0.3, -0.25) is 4.98 Å². The Morgan fingerprint density at radius 1 is 1.50 bits per heavy atom. The maximum Gasteiger partial charge on any atom is 0.196 e. The molecule has 2 aromatic rings. The van der Waals surface area contributed by atoms with Gasteiger partial charge >= 0.3 is 0 Å². The number of hydrogen-bond donors (Lipinski definition) is 1. The van der Waals surface area contributed by atoms with Crippen molar-refractivity contribution in [2.75, 3.05) is 6.54 Å². The van der Waals surface area contributed by atoms with Crippen molar-refractivity contribution in [1.29, 1.82) is 0 Å². The van der Waals surface area contributed by atoms with E-state index in [9.17, 15) is 0 Å². The van der Waals surface area contributed by atoms with Gasteiger partial charge in [-0.05, 0) is 6.07 Å². The first-order chi connectivity index (χ1) is 5.90. The Hall–Kier alpha value is -1.42. The smallest absolute Gasteiger partial charge is 0.196 e. The zero-order valence-corrected chi connectivity index (χ0v) is 6.53. The third kappa shape index (κ3) is 1.16. The van der Waals surface area contributed by atoms with Gasteiger partial charge in [0.05, 0.1) is 6.20 Å². The highest BCUT2D eigenvalue weighted by atomic mass is 16.3. The van der Waals surface area contributed by atoms with E-state index in [-0.39, 0.29) is 0 Å². The molecule has 4 nitrogen and oxygen atoms in total. The molecule has 0 radical (unpaired) electrons. The van der Waals surface area contributed by atoms with Gasteiger partial charge < -0.3 is 10.2 Å². The van der Waals surface area contributed by atoms with Crippen LogP contribution in [0.5, 0.6) is 0 Å². The molecule has 0 saturated carbocycles. The normalized spacial score (nSPS) is 10.8. The van der Waals surface area contributed by atoms with E-state index >= 15 is 0 Å². The third-order valence-corrected chi connectivity index (χ3v) is 1.59. The van der Waals surface area contributed by atoms with E-state index in [1.165, 1.54) is 0 Å². The molecule has 0 bridgehead atoms.